The van der Waals surface area contributed by atoms with E-state index in [2.05, 4.69) is 10.4 Å². The Labute approximate surface area is 156 Å². The number of aromatic nitrogens is 2. The van der Waals surface area contributed by atoms with Crippen LogP contribution in [0.4, 0.5) is 0 Å². The molecule has 0 radical (unpaired) electrons. The zero-order chi connectivity index (χ0) is 18.4. The molecule has 8 heteroatoms. The van der Waals surface area contributed by atoms with Crippen LogP contribution in [-0.4, -0.2) is 36.4 Å². The van der Waals surface area contributed by atoms with Crippen LogP contribution in [0.15, 0.2) is 70.5 Å². The van der Waals surface area contributed by atoms with Gasteiger partial charge in [-0.15, -0.1) is 0 Å². The normalized spacial score (nSPS) is 12.6. The smallest absolute Gasteiger partial charge is 0.221 e. The summed E-state index contributed by atoms with van der Waals surface area (Å²) in [5.41, 5.74) is 1.05. The van der Waals surface area contributed by atoms with Crippen molar-refractivity contribution in [1.82, 2.24) is 15.1 Å². The average Bonchev–Trinajstić information content (AvgIpc) is 3.36. The average molecular weight is 390 g/mol. The number of nitrogens with zero attached hydrogens (tertiary/aromatic N) is 2. The van der Waals surface area contributed by atoms with E-state index in [0.29, 0.717) is 6.54 Å². The molecule has 0 aliphatic heterocycles. The molecule has 2 aromatic heterocycles. The van der Waals surface area contributed by atoms with Gasteiger partial charge in [0, 0.05) is 25.4 Å². The van der Waals surface area contributed by atoms with E-state index in [1.165, 1.54) is 12.1 Å². The third-order valence-electron chi connectivity index (χ3n) is 3.96. The summed E-state index contributed by atoms with van der Waals surface area (Å²) in [6.45, 7) is 0.350. The predicted octanol–water partition coefficient (Wildman–Crippen LogP) is 2.51. The summed E-state index contributed by atoms with van der Waals surface area (Å²) in [6.07, 6.45) is 3.45. The van der Waals surface area contributed by atoms with Crippen LogP contribution in [-0.2, 0) is 14.6 Å². The fraction of sp³-hybridized carbons (Fsp3) is 0.222. The molecule has 0 spiro atoms. The monoisotopic (exact) mass is 389 g/mol. The second-order valence-electron chi connectivity index (χ2n) is 5.74. The van der Waals surface area contributed by atoms with Crippen molar-refractivity contribution < 1.29 is 13.2 Å². The van der Waals surface area contributed by atoms with Crippen LogP contribution < -0.4 is 5.32 Å². The first kappa shape index (κ1) is 18.3. The molecule has 3 aromatic rings. The van der Waals surface area contributed by atoms with Gasteiger partial charge in [-0.3, -0.25) is 9.48 Å². The van der Waals surface area contributed by atoms with E-state index in [1.54, 1.807) is 40.4 Å². The minimum atomic E-state index is -3.46. The first-order chi connectivity index (χ1) is 12.6. The molecule has 26 heavy (non-hydrogen) atoms. The Morgan fingerprint density at radius 1 is 1.19 bits per heavy atom. The Hall–Kier alpha value is -2.45. The fourth-order valence-corrected chi connectivity index (χ4v) is 4.53. The second-order valence-corrected chi connectivity index (χ2v) is 8.63. The Bertz CT molecular complexity index is 887. The molecule has 0 saturated heterocycles. The van der Waals surface area contributed by atoms with Crippen molar-refractivity contribution in [2.24, 2.45) is 0 Å². The molecular formula is C18H19N3O3S2. The predicted molar refractivity (Wildman–Crippen MR) is 101 cm³/mol. The molecule has 1 unspecified atom stereocenters. The van der Waals surface area contributed by atoms with Crippen molar-refractivity contribution in [1.29, 1.82) is 0 Å². The lowest BCUT2D eigenvalue weighted by Gasteiger charge is -2.17. The van der Waals surface area contributed by atoms with Crippen LogP contribution in [0.2, 0.25) is 0 Å². The zero-order valence-corrected chi connectivity index (χ0v) is 15.6. The molecule has 1 aromatic carbocycles. The van der Waals surface area contributed by atoms with Gasteiger partial charge >= 0.3 is 0 Å². The summed E-state index contributed by atoms with van der Waals surface area (Å²) in [4.78, 5) is 12.4. The number of sulfone groups is 1. The third kappa shape index (κ3) is 4.59. The van der Waals surface area contributed by atoms with Crippen LogP contribution in [0.5, 0.6) is 0 Å². The molecule has 136 valence electrons. The molecule has 1 N–H and O–H groups in total. The highest BCUT2D eigenvalue weighted by molar-refractivity contribution is 7.91. The van der Waals surface area contributed by atoms with Gasteiger partial charge in [0.05, 0.1) is 16.7 Å². The van der Waals surface area contributed by atoms with Crippen LogP contribution >= 0.6 is 11.3 Å². The number of carbonyl (C=O) groups excluding carboxylic acids is 1. The molecule has 3 rings (SSSR count). The first-order valence-electron chi connectivity index (χ1n) is 8.12. The van der Waals surface area contributed by atoms with E-state index in [1.807, 2.05) is 29.1 Å². The van der Waals surface area contributed by atoms with Gasteiger partial charge in [0.15, 0.2) is 9.84 Å². The van der Waals surface area contributed by atoms with Gasteiger partial charge in [-0.2, -0.15) is 16.4 Å². The number of nitrogens with one attached hydrogen (secondary N) is 1. The maximum absolute atomic E-state index is 12.3. The van der Waals surface area contributed by atoms with Gasteiger partial charge < -0.3 is 5.32 Å². The minimum absolute atomic E-state index is 0.0767. The third-order valence-corrected chi connectivity index (χ3v) is 6.40. The Balaban J connectivity index is 1.58. The number of thiophene rings is 1. The standard InChI is InChI=1S/C18H19N3O3S2/c22-18(8-12-26(23,24)16-5-2-1-3-6-16)19-13-17(15-7-11-25-14-15)21-10-4-9-20-21/h1-7,9-11,14,17H,8,12-13H2,(H,19,22). The highest BCUT2D eigenvalue weighted by Gasteiger charge is 2.18. The van der Waals surface area contributed by atoms with Crippen molar-refractivity contribution in [3.63, 3.8) is 0 Å². The van der Waals surface area contributed by atoms with Crippen LogP contribution in [0.25, 0.3) is 0 Å². The second kappa shape index (κ2) is 8.29. The fourth-order valence-electron chi connectivity index (χ4n) is 2.57. The first-order valence-corrected chi connectivity index (χ1v) is 10.7. The maximum atomic E-state index is 12.3. The van der Waals surface area contributed by atoms with E-state index >= 15 is 0 Å². The van der Waals surface area contributed by atoms with Gasteiger partial charge in [-0.05, 0) is 40.6 Å². The molecule has 0 aliphatic rings. The van der Waals surface area contributed by atoms with Crippen molar-refractivity contribution in [3.05, 3.63) is 71.2 Å². The van der Waals surface area contributed by atoms with Crippen LogP contribution in [0, 0.1) is 0 Å². The number of amides is 1. The quantitative estimate of drug-likeness (QED) is 0.642. The lowest BCUT2D eigenvalue weighted by molar-refractivity contribution is -0.120. The SMILES string of the molecule is O=C(CCS(=O)(=O)c1ccccc1)NCC(c1ccsc1)n1cccn1. The lowest BCUT2D eigenvalue weighted by Crippen LogP contribution is -2.32. The zero-order valence-electron chi connectivity index (χ0n) is 14.0. The molecule has 1 atom stereocenters. The van der Waals surface area contributed by atoms with E-state index in [-0.39, 0.29) is 29.0 Å². The maximum Gasteiger partial charge on any atom is 0.221 e. The molecule has 0 saturated carbocycles. The van der Waals surface area contributed by atoms with E-state index < -0.39 is 9.84 Å². The number of hydrogen-bond acceptors (Lipinski definition) is 5. The number of benzene rings is 1. The lowest BCUT2D eigenvalue weighted by atomic mass is 10.1. The Morgan fingerprint density at radius 3 is 2.65 bits per heavy atom. The van der Waals surface area contributed by atoms with Gasteiger partial charge in [0.1, 0.15) is 0 Å². The molecule has 6 nitrogen and oxygen atoms in total. The van der Waals surface area contributed by atoms with Crippen molar-refractivity contribution >= 4 is 27.1 Å². The summed E-state index contributed by atoms with van der Waals surface area (Å²) in [7, 11) is -3.46. The topological polar surface area (TPSA) is 81.1 Å². The van der Waals surface area contributed by atoms with E-state index in [0.717, 1.165) is 5.56 Å². The number of hydrogen-bond donors (Lipinski definition) is 1. The van der Waals surface area contributed by atoms with Crippen molar-refractivity contribution in [2.45, 2.75) is 17.4 Å². The van der Waals surface area contributed by atoms with Gasteiger partial charge in [-0.1, -0.05) is 18.2 Å². The van der Waals surface area contributed by atoms with Gasteiger partial charge in [-0.25, -0.2) is 8.42 Å². The van der Waals surface area contributed by atoms with Crippen LogP contribution in [0.1, 0.15) is 18.0 Å². The molecule has 0 aliphatic carbocycles. The van der Waals surface area contributed by atoms with Gasteiger partial charge in [0.2, 0.25) is 5.91 Å². The summed E-state index contributed by atoms with van der Waals surface area (Å²) >= 11 is 1.58. The molecule has 0 fully saturated rings. The summed E-state index contributed by atoms with van der Waals surface area (Å²) < 4.78 is 26.3. The van der Waals surface area contributed by atoms with E-state index in [9.17, 15) is 13.2 Å². The summed E-state index contributed by atoms with van der Waals surface area (Å²) in [6, 6.07) is 11.9. The highest BCUT2D eigenvalue weighted by atomic mass is 32.2. The van der Waals surface area contributed by atoms with Crippen LogP contribution in [0.3, 0.4) is 0 Å². The molecule has 2 heterocycles. The largest absolute Gasteiger partial charge is 0.354 e. The summed E-state index contributed by atoms with van der Waals surface area (Å²) in [5.74, 6) is -0.509. The Kier molecular flexibility index (Phi) is 5.85. The van der Waals surface area contributed by atoms with Crippen molar-refractivity contribution in [3.8, 4) is 0 Å². The number of carbonyl (C=O) groups is 1. The van der Waals surface area contributed by atoms with Gasteiger partial charge in [0.25, 0.3) is 0 Å². The molecule has 1 amide bonds. The number of rotatable bonds is 8. The minimum Gasteiger partial charge on any atom is -0.354 e. The summed E-state index contributed by atoms with van der Waals surface area (Å²) in [5, 5.41) is 11.1. The molecule has 0 bridgehead atoms. The van der Waals surface area contributed by atoms with E-state index in [4.69, 9.17) is 0 Å². The van der Waals surface area contributed by atoms with Crippen molar-refractivity contribution in [2.75, 3.05) is 12.3 Å². The Morgan fingerprint density at radius 2 is 2.00 bits per heavy atom. The highest BCUT2D eigenvalue weighted by Crippen LogP contribution is 2.19. The molecular weight excluding hydrogens is 370 g/mol.